The normalized spacial score (nSPS) is 24.0. The summed E-state index contributed by atoms with van der Waals surface area (Å²) >= 11 is 1.23. The van der Waals surface area contributed by atoms with Crippen molar-refractivity contribution < 1.29 is 33.8 Å². The molecule has 2 heterocycles. The highest BCUT2D eigenvalue weighted by atomic mass is 32.2. The number of fused-ring (bicyclic) bond motifs is 1. The van der Waals surface area contributed by atoms with Gasteiger partial charge in [-0.15, -0.1) is 11.8 Å². The highest BCUT2D eigenvalue weighted by Crippen LogP contribution is 2.40. The summed E-state index contributed by atoms with van der Waals surface area (Å²) in [6, 6.07) is 16.1. The molecule has 3 amide bonds. The molecule has 5 atom stereocenters. The zero-order valence-corrected chi connectivity index (χ0v) is 26.2. The maximum Gasteiger partial charge on any atom is 0.409 e. The molecule has 0 aromatic heterocycles. The SMILES string of the molecule is CC(C)(C)OC(=O)NC(N)(C(=O)N[C@@H]1C(=O)N2C(C(=O)OC(c3ccccc3)c3ccccc3)C(O)CS[C@@H]12)C1=CCC=CC1. The number of β-lactam (4-membered cyclic amide) rings is 1. The third-order valence-corrected chi connectivity index (χ3v) is 9.09. The zero-order valence-electron chi connectivity index (χ0n) is 25.3. The number of nitrogens with one attached hydrogen (secondary N) is 2. The van der Waals surface area contributed by atoms with Crippen LogP contribution in [-0.2, 0) is 23.9 Å². The molecule has 45 heavy (non-hydrogen) atoms. The highest BCUT2D eigenvalue weighted by molar-refractivity contribution is 8.00. The van der Waals surface area contributed by atoms with Gasteiger partial charge in [0.05, 0.1) is 6.10 Å². The molecule has 0 spiro atoms. The van der Waals surface area contributed by atoms with Gasteiger partial charge in [0.2, 0.25) is 5.91 Å². The first-order valence-corrected chi connectivity index (χ1v) is 15.8. The number of aliphatic hydroxyl groups is 1. The summed E-state index contributed by atoms with van der Waals surface area (Å²) in [6.45, 7) is 5.06. The standard InChI is InChI=1S/C33H38N4O7S/c1-32(2,3)44-31(42)36-33(34,22-17-11-6-12-18-22)30(41)35-24-27(39)37-25(23(38)19-45-28(24)37)29(40)43-26(20-13-7-4-8-14-20)21-15-9-5-10-16-21/h4-11,13-16,18,23-26,28,38H,12,17,19,34H2,1-3H3,(H,35,41)(H,36,42)/t23?,24-,25?,28+,33?/m1/s1. The number of benzene rings is 2. The van der Waals surface area contributed by atoms with Crippen LogP contribution in [0.1, 0.15) is 50.8 Å². The quantitative estimate of drug-likeness (QED) is 0.148. The van der Waals surface area contributed by atoms with Gasteiger partial charge in [0.1, 0.15) is 17.0 Å². The number of allylic oxidation sites excluding steroid dienone is 3. The first kappa shape index (κ1) is 32.3. The molecule has 5 rings (SSSR count). The minimum atomic E-state index is -2.00. The topological polar surface area (TPSA) is 160 Å². The van der Waals surface area contributed by atoms with E-state index in [-0.39, 0.29) is 5.75 Å². The van der Waals surface area contributed by atoms with Crippen molar-refractivity contribution in [3.8, 4) is 0 Å². The lowest BCUT2D eigenvalue weighted by atomic mass is 9.91. The van der Waals surface area contributed by atoms with Crippen molar-refractivity contribution in [2.24, 2.45) is 5.73 Å². The van der Waals surface area contributed by atoms with Crippen LogP contribution < -0.4 is 16.4 Å². The molecule has 1 aliphatic carbocycles. The lowest BCUT2D eigenvalue weighted by Crippen LogP contribution is -2.79. The number of hydrogen-bond donors (Lipinski definition) is 4. The second-order valence-electron chi connectivity index (χ2n) is 12.1. The number of aliphatic hydroxyl groups excluding tert-OH is 1. The fourth-order valence-electron chi connectivity index (χ4n) is 5.53. The first-order valence-electron chi connectivity index (χ1n) is 14.8. The fraction of sp³-hybridized carbons (Fsp3) is 0.394. The molecule has 2 saturated heterocycles. The van der Waals surface area contributed by atoms with E-state index in [1.54, 1.807) is 26.8 Å². The number of hydrogen-bond acceptors (Lipinski definition) is 9. The molecule has 12 heteroatoms. The molecule has 5 N–H and O–H groups in total. The van der Waals surface area contributed by atoms with Gasteiger partial charge in [-0.2, -0.15) is 0 Å². The molecule has 0 saturated carbocycles. The molecule has 11 nitrogen and oxygen atoms in total. The fourth-order valence-corrected chi connectivity index (χ4v) is 6.88. The average Bonchev–Trinajstić information content (AvgIpc) is 3.02. The van der Waals surface area contributed by atoms with Crippen LogP contribution in [0.2, 0.25) is 0 Å². The molecule has 0 radical (unpaired) electrons. The van der Waals surface area contributed by atoms with Crippen LogP contribution in [0.15, 0.2) is 84.5 Å². The van der Waals surface area contributed by atoms with Crippen molar-refractivity contribution in [3.05, 3.63) is 95.6 Å². The molecule has 3 aliphatic rings. The molecule has 2 aliphatic heterocycles. The first-order chi connectivity index (χ1) is 21.4. The number of carbonyl (C=O) groups excluding carboxylic acids is 4. The highest BCUT2D eigenvalue weighted by Gasteiger charge is 2.59. The predicted octanol–water partition coefficient (Wildman–Crippen LogP) is 2.90. The van der Waals surface area contributed by atoms with E-state index in [0.29, 0.717) is 18.4 Å². The molecule has 3 unspecified atom stereocenters. The second kappa shape index (κ2) is 13.1. The van der Waals surface area contributed by atoms with Crippen LogP contribution in [0.4, 0.5) is 4.79 Å². The largest absolute Gasteiger partial charge is 0.451 e. The number of thioether (sulfide) groups is 1. The molecule has 2 aromatic carbocycles. The molecule has 2 fully saturated rings. The van der Waals surface area contributed by atoms with Crippen molar-refractivity contribution in [1.82, 2.24) is 15.5 Å². The van der Waals surface area contributed by atoms with Crippen molar-refractivity contribution in [1.29, 1.82) is 0 Å². The summed E-state index contributed by atoms with van der Waals surface area (Å²) in [4.78, 5) is 54.9. The van der Waals surface area contributed by atoms with Crippen LogP contribution in [0.3, 0.4) is 0 Å². The summed E-state index contributed by atoms with van der Waals surface area (Å²) in [6.07, 6.45) is 3.49. The molecular weight excluding hydrogens is 596 g/mol. The number of amides is 3. The van der Waals surface area contributed by atoms with E-state index in [1.165, 1.54) is 16.7 Å². The van der Waals surface area contributed by atoms with Crippen LogP contribution in [-0.4, -0.2) is 74.5 Å². The number of rotatable bonds is 8. The average molecular weight is 635 g/mol. The predicted molar refractivity (Wildman–Crippen MR) is 168 cm³/mol. The van der Waals surface area contributed by atoms with Gasteiger partial charge in [-0.1, -0.05) is 78.9 Å². The Kier molecular flexibility index (Phi) is 9.38. The Balaban J connectivity index is 1.33. The van der Waals surface area contributed by atoms with E-state index in [4.69, 9.17) is 15.2 Å². The number of alkyl carbamates (subject to hydrolysis) is 1. The minimum Gasteiger partial charge on any atom is -0.451 e. The number of nitrogens with zero attached hydrogens (tertiary/aromatic N) is 1. The van der Waals surface area contributed by atoms with Crippen LogP contribution in [0, 0.1) is 0 Å². The van der Waals surface area contributed by atoms with Crippen molar-refractivity contribution in [2.75, 3.05) is 5.75 Å². The lowest BCUT2D eigenvalue weighted by molar-refractivity contribution is -0.173. The van der Waals surface area contributed by atoms with Crippen molar-refractivity contribution in [3.63, 3.8) is 0 Å². The van der Waals surface area contributed by atoms with E-state index in [0.717, 1.165) is 11.1 Å². The number of ether oxygens (including phenoxy) is 2. The van der Waals surface area contributed by atoms with E-state index in [9.17, 15) is 24.3 Å². The monoisotopic (exact) mass is 634 g/mol. The zero-order chi connectivity index (χ0) is 32.4. The van der Waals surface area contributed by atoms with Crippen molar-refractivity contribution in [2.45, 2.75) is 74.5 Å². The van der Waals surface area contributed by atoms with Gasteiger partial charge in [-0.25, -0.2) is 9.59 Å². The summed E-state index contributed by atoms with van der Waals surface area (Å²) < 4.78 is 11.3. The van der Waals surface area contributed by atoms with Gasteiger partial charge in [0.25, 0.3) is 5.91 Å². The summed E-state index contributed by atoms with van der Waals surface area (Å²) in [5.41, 5.74) is 5.64. The summed E-state index contributed by atoms with van der Waals surface area (Å²) in [7, 11) is 0. The third kappa shape index (κ3) is 6.92. The third-order valence-electron chi connectivity index (χ3n) is 7.72. The Morgan fingerprint density at radius 2 is 1.64 bits per heavy atom. The molecule has 2 aromatic rings. The van der Waals surface area contributed by atoms with Crippen LogP contribution in [0.5, 0.6) is 0 Å². The van der Waals surface area contributed by atoms with E-state index >= 15 is 0 Å². The number of carbonyl (C=O) groups is 4. The maximum atomic E-state index is 13.7. The summed E-state index contributed by atoms with van der Waals surface area (Å²) in [5, 5.41) is 15.4. The van der Waals surface area contributed by atoms with E-state index in [2.05, 4.69) is 10.6 Å². The number of esters is 1. The Morgan fingerprint density at radius 1 is 1.02 bits per heavy atom. The Bertz CT molecular complexity index is 1450. The van der Waals surface area contributed by atoms with Gasteiger partial charge < -0.3 is 24.8 Å². The number of nitrogens with two attached hydrogens (primary N) is 1. The van der Waals surface area contributed by atoms with Gasteiger partial charge in [0, 0.05) is 5.75 Å². The lowest BCUT2D eigenvalue weighted by Gasteiger charge is -2.54. The van der Waals surface area contributed by atoms with Crippen molar-refractivity contribution >= 4 is 35.6 Å². The Labute approximate surface area is 266 Å². The maximum absolute atomic E-state index is 13.7. The van der Waals surface area contributed by atoms with E-state index < -0.39 is 64.8 Å². The Hall–Kier alpha value is -4.13. The molecule has 238 valence electrons. The van der Waals surface area contributed by atoms with Gasteiger partial charge in [0.15, 0.2) is 17.8 Å². The van der Waals surface area contributed by atoms with E-state index in [1.807, 2.05) is 72.8 Å². The van der Waals surface area contributed by atoms with Gasteiger partial charge in [-0.3, -0.25) is 20.6 Å². The minimum absolute atomic E-state index is 0.127. The molecule has 0 bridgehead atoms. The molecular formula is C33H38N4O7S. The second-order valence-corrected chi connectivity index (χ2v) is 13.3. The Morgan fingerprint density at radius 3 is 2.20 bits per heavy atom. The van der Waals surface area contributed by atoms with Gasteiger partial charge >= 0.3 is 12.1 Å². The smallest absolute Gasteiger partial charge is 0.409 e. The van der Waals surface area contributed by atoms with Crippen LogP contribution >= 0.6 is 11.8 Å². The van der Waals surface area contributed by atoms with Gasteiger partial charge in [-0.05, 0) is 50.3 Å². The van der Waals surface area contributed by atoms with Crippen LogP contribution in [0.25, 0.3) is 0 Å². The summed E-state index contributed by atoms with van der Waals surface area (Å²) in [5.74, 6) is -2.01.